The zero-order valence-electron chi connectivity index (χ0n) is 24.1. The number of Topliss-reactive ketones (excluding diaryl/α,β-unsaturated/α-hetero) is 2. The lowest BCUT2D eigenvalue weighted by Crippen LogP contribution is -3.00. The van der Waals surface area contributed by atoms with Crippen LogP contribution < -0.4 is 44.6 Å². The molecule has 0 unspecified atom stereocenters. The van der Waals surface area contributed by atoms with E-state index in [1.165, 1.54) is 0 Å². The molecule has 9 heteroatoms. The van der Waals surface area contributed by atoms with E-state index >= 15 is 0 Å². The molecule has 0 aliphatic rings. The van der Waals surface area contributed by atoms with Crippen LogP contribution in [0.25, 0.3) is 0 Å². The highest BCUT2D eigenvalue weighted by Gasteiger charge is 2.25. The number of hydrogen-bond acceptors (Lipinski definition) is 3. The molecule has 2 aromatic rings. The summed E-state index contributed by atoms with van der Waals surface area (Å²) in [6, 6.07) is 14.0. The van der Waals surface area contributed by atoms with Gasteiger partial charge >= 0.3 is 0 Å². The summed E-state index contributed by atoms with van der Waals surface area (Å²) >= 11 is 11.7. The Balaban J connectivity index is -0.000000540. The molecule has 0 saturated carbocycles. The summed E-state index contributed by atoms with van der Waals surface area (Å²) in [5.74, 6) is 0.245. The van der Waals surface area contributed by atoms with E-state index in [-0.39, 0.29) is 68.7 Å². The second kappa shape index (κ2) is 20.1. The minimum absolute atomic E-state index is 0. The zero-order chi connectivity index (χ0) is 28.1. The normalized spacial score (nSPS) is 12.2. The zero-order valence-corrected chi connectivity index (χ0v) is 28.8. The van der Waals surface area contributed by atoms with Crippen molar-refractivity contribution in [3.8, 4) is 0 Å². The molecule has 0 heterocycles. The van der Waals surface area contributed by atoms with Crippen LogP contribution in [0.1, 0.15) is 89.5 Å². The van der Waals surface area contributed by atoms with Crippen LogP contribution in [0.5, 0.6) is 0 Å². The predicted molar refractivity (Wildman–Crippen MR) is 151 cm³/mol. The lowest BCUT2D eigenvalue weighted by molar-refractivity contribution is -0.732. The smallest absolute Gasteiger partial charge is 0.219 e. The topological polar surface area (TPSA) is 87.6 Å². The van der Waals surface area contributed by atoms with Gasteiger partial charge in [-0.25, -0.2) is 0 Å². The molecule has 0 radical (unpaired) electrons. The maximum Gasteiger partial charge on any atom is 0.219 e. The number of nitrogens with two attached hydrogens (primary N) is 2. The van der Waals surface area contributed by atoms with E-state index in [1.807, 2.05) is 20.8 Å². The second-order valence-electron chi connectivity index (χ2n) is 11.1. The Kier molecular flexibility index (Phi) is 22.1. The standard InChI is InChI=1S/2C13H18ClNO.C3H8O.2BrH/c2*1-9(15-13(2,3)4)12(16)10-6-5-7-11(14)8-10;1-2-3-4;;/h2*5-9,15H,1-4H3;4H,2-3H2,1H3;2*1H/t2*9-;;;/m10.../s1. The molecule has 0 aromatic heterocycles. The first-order valence-corrected chi connectivity index (χ1v) is 13.2. The molecule has 0 spiro atoms. The average molecular weight is 701 g/mol. The number of hydrogen-bond donors (Lipinski definition) is 3. The Morgan fingerprint density at radius 1 is 0.763 bits per heavy atom. The van der Waals surface area contributed by atoms with Crippen LogP contribution in [0.2, 0.25) is 10.0 Å². The van der Waals surface area contributed by atoms with Crippen molar-refractivity contribution in [1.82, 2.24) is 0 Å². The first-order chi connectivity index (χ1) is 16.5. The van der Waals surface area contributed by atoms with Gasteiger partial charge in [0.25, 0.3) is 0 Å². The molecule has 0 aliphatic carbocycles. The van der Waals surface area contributed by atoms with Crippen molar-refractivity contribution < 1.29 is 59.3 Å². The van der Waals surface area contributed by atoms with Crippen LogP contribution in [0.4, 0.5) is 0 Å². The fourth-order valence-corrected chi connectivity index (χ4v) is 3.84. The van der Waals surface area contributed by atoms with Gasteiger partial charge in [0.15, 0.2) is 0 Å². The molecule has 0 aliphatic heterocycles. The number of aliphatic hydroxyl groups is 1. The third-order valence-corrected chi connectivity index (χ3v) is 5.24. The fourth-order valence-electron chi connectivity index (χ4n) is 3.46. The quantitative estimate of drug-likeness (QED) is 0.323. The van der Waals surface area contributed by atoms with Crippen molar-refractivity contribution >= 4 is 34.8 Å². The Morgan fingerprint density at radius 3 is 1.26 bits per heavy atom. The van der Waals surface area contributed by atoms with Gasteiger partial charge in [-0.3, -0.25) is 9.59 Å². The molecule has 218 valence electrons. The van der Waals surface area contributed by atoms with Crippen molar-refractivity contribution in [2.75, 3.05) is 6.61 Å². The Hall–Kier alpha value is -0.800. The van der Waals surface area contributed by atoms with Gasteiger partial charge < -0.3 is 49.7 Å². The SMILES string of the molecule is CCCO.C[C@@H]([NH2+]C(C)(C)C)C(=O)c1cccc(Cl)c1.C[C@H]([NH2+]C(C)(C)C)C(=O)c1cccc(Cl)c1.[Br-].[Br-]. The lowest BCUT2D eigenvalue weighted by atomic mass is 10.0. The van der Waals surface area contributed by atoms with Crippen molar-refractivity contribution in [3.05, 3.63) is 69.7 Å². The number of rotatable bonds is 7. The van der Waals surface area contributed by atoms with E-state index in [9.17, 15) is 9.59 Å². The highest BCUT2D eigenvalue weighted by Crippen LogP contribution is 2.13. The van der Waals surface area contributed by atoms with Crippen molar-refractivity contribution in [1.29, 1.82) is 0 Å². The van der Waals surface area contributed by atoms with Crippen molar-refractivity contribution in [2.24, 2.45) is 0 Å². The van der Waals surface area contributed by atoms with Crippen LogP contribution >= 0.6 is 23.2 Å². The molecule has 5 N–H and O–H groups in total. The number of quaternary nitrogens is 2. The summed E-state index contributed by atoms with van der Waals surface area (Å²) in [6.45, 7) is 18.7. The maximum absolute atomic E-state index is 12.1. The van der Waals surface area contributed by atoms with Gasteiger partial charge in [0.1, 0.15) is 12.1 Å². The van der Waals surface area contributed by atoms with Crippen LogP contribution in [-0.2, 0) is 0 Å². The van der Waals surface area contributed by atoms with E-state index in [1.54, 1.807) is 48.5 Å². The van der Waals surface area contributed by atoms with Gasteiger partial charge in [-0.05, 0) is 86.1 Å². The van der Waals surface area contributed by atoms with Gasteiger partial charge in [0.05, 0.1) is 11.1 Å². The van der Waals surface area contributed by atoms with Gasteiger partial charge in [-0.15, -0.1) is 0 Å². The summed E-state index contributed by atoms with van der Waals surface area (Å²) < 4.78 is 0. The number of aliphatic hydroxyl groups excluding tert-OH is 1. The molecule has 0 fully saturated rings. The van der Waals surface area contributed by atoms with Crippen LogP contribution in [0, 0.1) is 0 Å². The molecule has 0 saturated heterocycles. The van der Waals surface area contributed by atoms with Crippen LogP contribution in [0.15, 0.2) is 48.5 Å². The molecular formula is C29H46Br2Cl2N2O3. The second-order valence-corrected chi connectivity index (χ2v) is 12.0. The molecule has 0 bridgehead atoms. The number of carbonyl (C=O) groups excluding carboxylic acids is 2. The average Bonchev–Trinajstić information content (AvgIpc) is 2.76. The number of benzene rings is 2. The van der Waals surface area contributed by atoms with E-state index in [2.05, 4.69) is 52.2 Å². The number of halogens is 4. The molecule has 0 amide bonds. The fraction of sp³-hybridized carbons (Fsp3) is 0.517. The molecular weight excluding hydrogens is 655 g/mol. The first kappa shape index (κ1) is 41.7. The van der Waals surface area contributed by atoms with Crippen molar-refractivity contribution in [3.63, 3.8) is 0 Å². The highest BCUT2D eigenvalue weighted by molar-refractivity contribution is 6.31. The molecule has 2 rings (SSSR count). The largest absolute Gasteiger partial charge is 1.00 e. The Labute approximate surface area is 261 Å². The predicted octanol–water partition coefficient (Wildman–Crippen LogP) is -1.06. The van der Waals surface area contributed by atoms with Gasteiger partial charge in [0, 0.05) is 27.8 Å². The van der Waals surface area contributed by atoms with Crippen molar-refractivity contribution in [2.45, 2.75) is 91.9 Å². The molecule has 38 heavy (non-hydrogen) atoms. The third kappa shape index (κ3) is 19.3. The Morgan fingerprint density at radius 2 is 1.05 bits per heavy atom. The van der Waals surface area contributed by atoms with E-state index < -0.39 is 0 Å². The summed E-state index contributed by atoms with van der Waals surface area (Å²) in [5, 5.41) is 13.2. The van der Waals surface area contributed by atoms with E-state index in [0.29, 0.717) is 27.8 Å². The van der Waals surface area contributed by atoms with E-state index in [0.717, 1.165) is 6.42 Å². The molecule has 2 aromatic carbocycles. The van der Waals surface area contributed by atoms with Gasteiger partial charge in [0.2, 0.25) is 11.6 Å². The van der Waals surface area contributed by atoms with Crippen LogP contribution in [0.3, 0.4) is 0 Å². The monoisotopic (exact) mass is 698 g/mol. The summed E-state index contributed by atoms with van der Waals surface area (Å²) in [4.78, 5) is 24.2. The van der Waals surface area contributed by atoms with E-state index in [4.69, 9.17) is 28.3 Å². The highest BCUT2D eigenvalue weighted by atomic mass is 79.9. The summed E-state index contributed by atoms with van der Waals surface area (Å²) in [7, 11) is 0. The minimum atomic E-state index is -0.0848. The van der Waals surface area contributed by atoms with Crippen LogP contribution in [-0.4, -0.2) is 46.4 Å². The Bertz CT molecular complexity index is 884. The molecule has 5 nitrogen and oxygen atoms in total. The maximum atomic E-state index is 12.1. The summed E-state index contributed by atoms with van der Waals surface area (Å²) in [6.07, 6.45) is 0.875. The first-order valence-electron chi connectivity index (χ1n) is 12.4. The van der Waals surface area contributed by atoms with Gasteiger partial charge in [-0.2, -0.15) is 0 Å². The minimum Gasteiger partial charge on any atom is -1.00 e. The van der Waals surface area contributed by atoms with Gasteiger partial charge in [-0.1, -0.05) is 54.4 Å². The summed E-state index contributed by atoms with van der Waals surface area (Å²) in [5.41, 5.74) is 1.46. The lowest BCUT2D eigenvalue weighted by Gasteiger charge is -2.21. The number of carbonyl (C=O) groups is 2. The third-order valence-electron chi connectivity index (χ3n) is 4.77. The number of ketones is 2. The molecule has 2 atom stereocenters.